The van der Waals surface area contributed by atoms with Gasteiger partial charge in [-0.3, -0.25) is 4.79 Å². The van der Waals surface area contributed by atoms with Gasteiger partial charge in [-0.2, -0.15) is 0 Å². The molecule has 0 aliphatic carbocycles. The van der Waals surface area contributed by atoms with E-state index in [0.717, 1.165) is 6.42 Å². The number of hydrogen-bond donors (Lipinski definition) is 2. The Morgan fingerprint density at radius 1 is 1.16 bits per heavy atom. The van der Waals surface area contributed by atoms with Crippen molar-refractivity contribution in [2.45, 2.75) is 26.2 Å². The van der Waals surface area contributed by atoms with Gasteiger partial charge in [0.2, 0.25) is 0 Å². The number of hydrogen-bond acceptors (Lipinski definition) is 3. The molecule has 2 N–H and O–H groups in total. The highest BCUT2D eigenvalue weighted by Crippen LogP contribution is 2.19. The molecule has 106 valence electrons. The number of aliphatic hydroxyl groups is 2. The summed E-state index contributed by atoms with van der Waals surface area (Å²) in [6.45, 7) is 4.57. The minimum atomic E-state index is -0.154. The summed E-state index contributed by atoms with van der Waals surface area (Å²) in [6.07, 6.45) is 1.06. The van der Waals surface area contributed by atoms with Gasteiger partial charge in [0.1, 0.15) is 0 Å². The van der Waals surface area contributed by atoms with Crippen molar-refractivity contribution in [1.82, 2.24) is 4.90 Å². The molecule has 0 bridgehead atoms. The highest BCUT2D eigenvalue weighted by atomic mass is 16.3. The summed E-state index contributed by atoms with van der Waals surface area (Å²) in [5, 5.41) is 17.9. The third-order valence-electron chi connectivity index (χ3n) is 3.37. The number of benzene rings is 1. The van der Waals surface area contributed by atoms with Crippen molar-refractivity contribution in [3.8, 4) is 0 Å². The van der Waals surface area contributed by atoms with Crippen LogP contribution in [0.2, 0.25) is 0 Å². The van der Waals surface area contributed by atoms with E-state index in [1.54, 1.807) is 0 Å². The molecule has 4 heteroatoms. The van der Waals surface area contributed by atoms with Crippen molar-refractivity contribution in [3.63, 3.8) is 0 Å². The maximum absolute atomic E-state index is 12.2. The summed E-state index contributed by atoms with van der Waals surface area (Å²) in [5.74, 6) is 0.328. The van der Waals surface area contributed by atoms with Crippen molar-refractivity contribution in [1.29, 1.82) is 0 Å². The predicted molar refractivity (Wildman–Crippen MR) is 75.2 cm³/mol. The standard InChI is InChI=1S/C15H23NO3/c1-3-12(2)13-4-6-14(7-5-13)15(19)16(8-10-17)9-11-18/h4-7,12,17-18H,3,8-11H2,1-2H3. The second-order valence-electron chi connectivity index (χ2n) is 4.67. The van der Waals surface area contributed by atoms with Crippen LogP contribution in [0.25, 0.3) is 0 Å². The molecule has 0 aliphatic heterocycles. The van der Waals surface area contributed by atoms with E-state index in [9.17, 15) is 4.79 Å². The Labute approximate surface area is 114 Å². The van der Waals surface area contributed by atoms with Crippen LogP contribution in [0.4, 0.5) is 0 Å². The summed E-state index contributed by atoms with van der Waals surface area (Å²) in [5.41, 5.74) is 1.81. The first-order chi connectivity index (χ1) is 9.13. The van der Waals surface area contributed by atoms with Crippen molar-refractivity contribution in [2.75, 3.05) is 26.3 Å². The lowest BCUT2D eigenvalue weighted by Crippen LogP contribution is -2.35. The van der Waals surface area contributed by atoms with Gasteiger partial charge >= 0.3 is 0 Å². The van der Waals surface area contributed by atoms with E-state index in [1.165, 1.54) is 10.5 Å². The maximum atomic E-state index is 12.2. The molecule has 19 heavy (non-hydrogen) atoms. The Kier molecular flexibility index (Phi) is 6.53. The summed E-state index contributed by atoms with van der Waals surface area (Å²) < 4.78 is 0. The van der Waals surface area contributed by atoms with Gasteiger partial charge in [-0.1, -0.05) is 26.0 Å². The molecule has 1 rings (SSSR count). The zero-order valence-electron chi connectivity index (χ0n) is 11.7. The SMILES string of the molecule is CCC(C)c1ccc(C(=O)N(CCO)CCO)cc1. The Balaban J connectivity index is 2.80. The fourth-order valence-electron chi connectivity index (χ4n) is 1.93. The quantitative estimate of drug-likeness (QED) is 0.787. The van der Waals surface area contributed by atoms with Crippen molar-refractivity contribution in [3.05, 3.63) is 35.4 Å². The second kappa shape index (κ2) is 7.92. The predicted octanol–water partition coefficient (Wildman–Crippen LogP) is 1.63. The molecule has 1 unspecified atom stereocenters. The summed E-state index contributed by atoms with van der Waals surface area (Å²) in [7, 11) is 0. The largest absolute Gasteiger partial charge is 0.395 e. The van der Waals surface area contributed by atoms with Crippen LogP contribution in [0.15, 0.2) is 24.3 Å². The monoisotopic (exact) mass is 265 g/mol. The van der Waals surface area contributed by atoms with Gasteiger partial charge < -0.3 is 15.1 Å². The van der Waals surface area contributed by atoms with Crippen LogP contribution in [-0.4, -0.2) is 47.3 Å². The third kappa shape index (κ3) is 4.33. The third-order valence-corrected chi connectivity index (χ3v) is 3.37. The number of amides is 1. The molecule has 0 heterocycles. The van der Waals surface area contributed by atoms with E-state index in [0.29, 0.717) is 11.5 Å². The number of carbonyl (C=O) groups is 1. The molecule has 1 amide bonds. The zero-order valence-corrected chi connectivity index (χ0v) is 11.7. The minimum absolute atomic E-state index is 0.101. The first kappa shape index (κ1) is 15.7. The normalized spacial score (nSPS) is 12.2. The molecule has 1 atom stereocenters. The molecular weight excluding hydrogens is 242 g/mol. The van der Waals surface area contributed by atoms with Crippen molar-refractivity contribution >= 4 is 5.91 Å². The van der Waals surface area contributed by atoms with Crippen LogP contribution in [0.1, 0.15) is 42.1 Å². The lowest BCUT2D eigenvalue weighted by Gasteiger charge is -2.21. The molecule has 4 nitrogen and oxygen atoms in total. The Bertz CT molecular complexity index is 383. The Morgan fingerprint density at radius 2 is 1.68 bits per heavy atom. The first-order valence-corrected chi connectivity index (χ1v) is 6.75. The van der Waals surface area contributed by atoms with E-state index in [4.69, 9.17) is 10.2 Å². The van der Waals surface area contributed by atoms with Gasteiger partial charge in [0, 0.05) is 18.7 Å². The number of rotatable bonds is 7. The molecule has 0 spiro atoms. The van der Waals surface area contributed by atoms with E-state index in [2.05, 4.69) is 13.8 Å². The highest BCUT2D eigenvalue weighted by Gasteiger charge is 2.15. The summed E-state index contributed by atoms with van der Waals surface area (Å²) >= 11 is 0. The molecule has 0 aromatic heterocycles. The van der Waals surface area contributed by atoms with Gasteiger partial charge in [-0.25, -0.2) is 0 Å². The van der Waals surface area contributed by atoms with Crippen LogP contribution in [0.5, 0.6) is 0 Å². The van der Waals surface area contributed by atoms with Gasteiger partial charge in [-0.05, 0) is 30.0 Å². The first-order valence-electron chi connectivity index (χ1n) is 6.75. The number of aliphatic hydroxyl groups excluding tert-OH is 2. The maximum Gasteiger partial charge on any atom is 0.254 e. The van der Waals surface area contributed by atoms with Gasteiger partial charge in [0.05, 0.1) is 13.2 Å². The second-order valence-corrected chi connectivity index (χ2v) is 4.67. The molecule has 0 saturated heterocycles. The van der Waals surface area contributed by atoms with Gasteiger partial charge in [-0.15, -0.1) is 0 Å². The van der Waals surface area contributed by atoms with E-state index in [1.807, 2.05) is 24.3 Å². The fraction of sp³-hybridized carbons (Fsp3) is 0.533. The molecule has 0 radical (unpaired) electrons. The lowest BCUT2D eigenvalue weighted by molar-refractivity contribution is 0.0685. The van der Waals surface area contributed by atoms with Crippen LogP contribution in [0.3, 0.4) is 0 Å². The van der Waals surface area contributed by atoms with Crippen LogP contribution < -0.4 is 0 Å². The average Bonchev–Trinajstić information content (AvgIpc) is 2.45. The molecular formula is C15H23NO3. The molecule has 1 aromatic rings. The average molecular weight is 265 g/mol. The van der Waals surface area contributed by atoms with Crippen LogP contribution in [-0.2, 0) is 0 Å². The Hall–Kier alpha value is -1.39. The Morgan fingerprint density at radius 3 is 2.11 bits per heavy atom. The van der Waals surface area contributed by atoms with Crippen molar-refractivity contribution < 1.29 is 15.0 Å². The topological polar surface area (TPSA) is 60.8 Å². The summed E-state index contributed by atoms with van der Waals surface area (Å²) in [6, 6.07) is 7.56. The number of carbonyl (C=O) groups excluding carboxylic acids is 1. The molecule has 1 aromatic carbocycles. The molecule has 0 saturated carbocycles. The van der Waals surface area contributed by atoms with Crippen LogP contribution >= 0.6 is 0 Å². The minimum Gasteiger partial charge on any atom is -0.395 e. The van der Waals surface area contributed by atoms with E-state index in [-0.39, 0.29) is 32.2 Å². The number of nitrogens with zero attached hydrogens (tertiary/aromatic N) is 1. The van der Waals surface area contributed by atoms with Crippen molar-refractivity contribution in [2.24, 2.45) is 0 Å². The summed E-state index contributed by atoms with van der Waals surface area (Å²) in [4.78, 5) is 13.6. The lowest BCUT2D eigenvalue weighted by atomic mass is 9.97. The van der Waals surface area contributed by atoms with Crippen LogP contribution in [0, 0.1) is 0 Å². The molecule has 0 aliphatic rings. The van der Waals surface area contributed by atoms with Gasteiger partial charge in [0.15, 0.2) is 0 Å². The molecule has 0 fully saturated rings. The smallest absolute Gasteiger partial charge is 0.254 e. The van der Waals surface area contributed by atoms with Gasteiger partial charge in [0.25, 0.3) is 5.91 Å². The fourth-order valence-corrected chi connectivity index (χ4v) is 1.93. The van der Waals surface area contributed by atoms with E-state index < -0.39 is 0 Å². The van der Waals surface area contributed by atoms with E-state index >= 15 is 0 Å². The zero-order chi connectivity index (χ0) is 14.3. The highest BCUT2D eigenvalue weighted by molar-refractivity contribution is 5.94.